The van der Waals surface area contributed by atoms with E-state index in [1.54, 1.807) is 24.3 Å². The van der Waals surface area contributed by atoms with Crippen LogP contribution >= 0.6 is 11.8 Å². The van der Waals surface area contributed by atoms with Gasteiger partial charge in [0.05, 0.1) is 6.61 Å². The number of nitrogens with zero attached hydrogens (tertiary/aromatic N) is 2. The summed E-state index contributed by atoms with van der Waals surface area (Å²) >= 11 is 1.49. The van der Waals surface area contributed by atoms with Gasteiger partial charge in [0.15, 0.2) is 0 Å². The number of thioether (sulfide) groups is 1. The SMILES string of the molecule is Cc1nc(SCCOc2cccc(B(O)O)c2)n[nH]1. The first-order valence-electron chi connectivity index (χ1n) is 5.76. The van der Waals surface area contributed by atoms with Gasteiger partial charge in [0, 0.05) is 5.75 Å². The van der Waals surface area contributed by atoms with E-state index < -0.39 is 7.12 Å². The average molecular weight is 279 g/mol. The maximum atomic E-state index is 9.05. The van der Waals surface area contributed by atoms with Crippen molar-refractivity contribution in [3.05, 3.63) is 30.1 Å². The zero-order valence-electron chi connectivity index (χ0n) is 10.4. The van der Waals surface area contributed by atoms with Gasteiger partial charge in [0.2, 0.25) is 5.16 Å². The summed E-state index contributed by atoms with van der Waals surface area (Å²) in [5, 5.41) is 25.6. The van der Waals surface area contributed by atoms with Crippen molar-refractivity contribution in [1.82, 2.24) is 15.2 Å². The molecule has 0 aliphatic carbocycles. The molecule has 100 valence electrons. The highest BCUT2D eigenvalue weighted by molar-refractivity contribution is 7.99. The summed E-state index contributed by atoms with van der Waals surface area (Å²) in [5.41, 5.74) is 0.412. The maximum Gasteiger partial charge on any atom is 0.488 e. The van der Waals surface area contributed by atoms with Crippen LogP contribution in [0.5, 0.6) is 5.75 Å². The molecule has 3 N–H and O–H groups in total. The third-order valence-electron chi connectivity index (χ3n) is 2.32. The van der Waals surface area contributed by atoms with Gasteiger partial charge in [0.1, 0.15) is 11.6 Å². The molecule has 2 rings (SSSR count). The van der Waals surface area contributed by atoms with Crippen LogP contribution in [-0.2, 0) is 0 Å². The van der Waals surface area contributed by atoms with E-state index in [2.05, 4.69) is 15.2 Å². The Kier molecular flexibility index (Phi) is 4.83. The second-order valence-electron chi connectivity index (χ2n) is 3.85. The molecule has 0 saturated carbocycles. The number of hydrogen-bond acceptors (Lipinski definition) is 6. The molecule has 8 heteroatoms. The van der Waals surface area contributed by atoms with Gasteiger partial charge in [-0.2, -0.15) is 0 Å². The highest BCUT2D eigenvalue weighted by atomic mass is 32.2. The molecule has 0 fully saturated rings. The molecule has 0 atom stereocenters. The molecule has 0 amide bonds. The molecular formula is C11H14BN3O3S. The topological polar surface area (TPSA) is 91.3 Å². The minimum atomic E-state index is -1.48. The van der Waals surface area contributed by atoms with Gasteiger partial charge >= 0.3 is 7.12 Å². The number of rotatable bonds is 6. The first-order chi connectivity index (χ1) is 9.15. The summed E-state index contributed by atoms with van der Waals surface area (Å²) in [6.45, 7) is 2.34. The number of nitrogens with one attached hydrogen (secondary N) is 1. The van der Waals surface area contributed by atoms with Gasteiger partial charge < -0.3 is 14.8 Å². The second kappa shape index (κ2) is 6.60. The van der Waals surface area contributed by atoms with Gasteiger partial charge in [-0.3, -0.25) is 5.10 Å². The van der Waals surface area contributed by atoms with Gasteiger partial charge in [-0.1, -0.05) is 23.9 Å². The number of H-pyrrole nitrogens is 1. The molecule has 0 aliphatic heterocycles. The summed E-state index contributed by atoms with van der Waals surface area (Å²) in [7, 11) is -1.48. The summed E-state index contributed by atoms with van der Waals surface area (Å²) < 4.78 is 5.52. The zero-order chi connectivity index (χ0) is 13.7. The normalized spacial score (nSPS) is 10.5. The second-order valence-corrected chi connectivity index (χ2v) is 4.91. The molecule has 0 bridgehead atoms. The van der Waals surface area contributed by atoms with Crippen molar-refractivity contribution in [2.24, 2.45) is 0 Å². The number of hydrogen-bond donors (Lipinski definition) is 3. The van der Waals surface area contributed by atoms with Crippen LogP contribution in [0, 0.1) is 6.92 Å². The zero-order valence-corrected chi connectivity index (χ0v) is 11.2. The molecule has 1 aromatic carbocycles. The van der Waals surface area contributed by atoms with Crippen LogP contribution in [-0.4, -0.2) is 44.7 Å². The Hall–Kier alpha value is -1.51. The van der Waals surface area contributed by atoms with E-state index >= 15 is 0 Å². The summed E-state index contributed by atoms with van der Waals surface area (Å²) in [6.07, 6.45) is 0. The van der Waals surface area contributed by atoms with E-state index in [1.165, 1.54) is 11.8 Å². The fourth-order valence-corrected chi connectivity index (χ4v) is 2.11. The molecule has 2 aromatic rings. The van der Waals surface area contributed by atoms with Crippen molar-refractivity contribution >= 4 is 24.3 Å². The summed E-state index contributed by atoms with van der Waals surface area (Å²) in [5.74, 6) is 2.11. The monoisotopic (exact) mass is 279 g/mol. The van der Waals surface area contributed by atoms with Crippen LogP contribution in [0.25, 0.3) is 0 Å². The van der Waals surface area contributed by atoms with Crippen molar-refractivity contribution in [1.29, 1.82) is 0 Å². The molecule has 0 unspecified atom stereocenters. The fraction of sp³-hybridized carbons (Fsp3) is 0.273. The quantitative estimate of drug-likeness (QED) is 0.390. The van der Waals surface area contributed by atoms with Gasteiger partial charge in [-0.15, -0.1) is 5.10 Å². The molecule has 6 nitrogen and oxygen atoms in total. The van der Waals surface area contributed by atoms with Crippen LogP contribution in [0.2, 0.25) is 0 Å². The van der Waals surface area contributed by atoms with Crippen molar-refractivity contribution in [2.45, 2.75) is 12.1 Å². The first kappa shape index (κ1) is 13.9. The van der Waals surface area contributed by atoms with E-state index in [0.29, 0.717) is 28.7 Å². The van der Waals surface area contributed by atoms with Gasteiger partial charge in [-0.05, 0) is 24.5 Å². The Labute approximate surface area is 115 Å². The molecule has 1 heterocycles. The largest absolute Gasteiger partial charge is 0.493 e. The summed E-state index contributed by atoms with van der Waals surface area (Å²) in [4.78, 5) is 4.17. The highest BCUT2D eigenvalue weighted by Gasteiger charge is 2.11. The molecule has 0 saturated heterocycles. The van der Waals surface area contributed by atoms with Crippen LogP contribution in [0.3, 0.4) is 0 Å². The van der Waals surface area contributed by atoms with Crippen molar-refractivity contribution < 1.29 is 14.8 Å². The summed E-state index contributed by atoms with van der Waals surface area (Å²) in [6, 6.07) is 6.72. The lowest BCUT2D eigenvalue weighted by atomic mass is 9.80. The molecule has 0 aliphatic rings. The lowest BCUT2D eigenvalue weighted by Gasteiger charge is -2.06. The standard InChI is InChI=1S/C11H14BN3O3S/c1-8-13-11(15-14-8)19-6-5-18-10-4-2-3-9(7-10)12(16)17/h2-4,7,16-17H,5-6H2,1H3,(H,13,14,15). The molecule has 1 aromatic heterocycles. The van der Waals surface area contributed by atoms with Gasteiger partial charge in [-0.25, -0.2) is 4.98 Å². The number of ether oxygens (including phenoxy) is 1. The first-order valence-corrected chi connectivity index (χ1v) is 6.74. The number of benzene rings is 1. The average Bonchev–Trinajstić information content (AvgIpc) is 2.81. The number of aromatic nitrogens is 3. The minimum Gasteiger partial charge on any atom is -0.493 e. The van der Waals surface area contributed by atoms with E-state index in [-0.39, 0.29) is 0 Å². The van der Waals surface area contributed by atoms with Crippen molar-refractivity contribution in [3.8, 4) is 5.75 Å². The third-order valence-corrected chi connectivity index (χ3v) is 3.13. The van der Waals surface area contributed by atoms with Crippen LogP contribution < -0.4 is 10.2 Å². The van der Waals surface area contributed by atoms with Crippen molar-refractivity contribution in [3.63, 3.8) is 0 Å². The van der Waals surface area contributed by atoms with Crippen LogP contribution in [0.4, 0.5) is 0 Å². The Bertz CT molecular complexity index is 535. The lowest BCUT2D eigenvalue weighted by molar-refractivity contribution is 0.344. The van der Waals surface area contributed by atoms with Crippen molar-refractivity contribution in [2.75, 3.05) is 12.4 Å². The fourth-order valence-electron chi connectivity index (χ4n) is 1.44. The Balaban J connectivity index is 1.78. The Morgan fingerprint density at radius 1 is 1.42 bits per heavy atom. The Morgan fingerprint density at radius 2 is 2.26 bits per heavy atom. The van der Waals surface area contributed by atoms with Crippen LogP contribution in [0.1, 0.15) is 5.82 Å². The maximum absolute atomic E-state index is 9.05. The van der Waals surface area contributed by atoms with Gasteiger partial charge in [0.25, 0.3) is 0 Å². The van der Waals surface area contributed by atoms with E-state index in [0.717, 1.165) is 5.82 Å². The third kappa shape index (κ3) is 4.27. The predicted molar refractivity (Wildman–Crippen MR) is 73.6 cm³/mol. The minimum absolute atomic E-state index is 0.412. The van der Waals surface area contributed by atoms with E-state index in [9.17, 15) is 0 Å². The molecule has 0 radical (unpaired) electrons. The number of aryl methyl sites for hydroxylation is 1. The predicted octanol–water partition coefficient (Wildman–Crippen LogP) is -0.0360. The van der Waals surface area contributed by atoms with Crippen LogP contribution in [0.15, 0.2) is 29.4 Å². The smallest absolute Gasteiger partial charge is 0.488 e. The number of aromatic amines is 1. The van der Waals surface area contributed by atoms with E-state index in [1.807, 2.05) is 6.92 Å². The molecular weight excluding hydrogens is 265 g/mol. The van der Waals surface area contributed by atoms with E-state index in [4.69, 9.17) is 14.8 Å². The highest BCUT2D eigenvalue weighted by Crippen LogP contribution is 2.13. The lowest BCUT2D eigenvalue weighted by Crippen LogP contribution is -2.29. The molecule has 0 spiro atoms. The Morgan fingerprint density at radius 3 is 2.95 bits per heavy atom. The molecule has 19 heavy (non-hydrogen) atoms.